The summed E-state index contributed by atoms with van der Waals surface area (Å²) in [6.45, 7) is 6.11. The molecule has 0 saturated carbocycles. The largest absolute Gasteiger partial charge is 0.487 e. The number of carbonyl (C=O) groups excluding carboxylic acids is 1. The topological polar surface area (TPSA) is 100 Å². The minimum atomic E-state index is -1.13. The van der Waals surface area contributed by atoms with E-state index in [1.807, 2.05) is 32.0 Å². The fourth-order valence-corrected chi connectivity index (χ4v) is 6.83. The molecule has 0 amide bonds. The van der Waals surface area contributed by atoms with Crippen molar-refractivity contribution in [3.05, 3.63) is 89.1 Å². The summed E-state index contributed by atoms with van der Waals surface area (Å²) in [5.41, 5.74) is 1.74. The van der Waals surface area contributed by atoms with E-state index in [0.29, 0.717) is 29.5 Å². The van der Waals surface area contributed by atoms with E-state index in [-0.39, 0.29) is 28.4 Å². The maximum absolute atomic E-state index is 15.2. The number of aldehydes is 1. The number of hydrogen-bond donors (Lipinski definition) is 3. The van der Waals surface area contributed by atoms with Crippen LogP contribution < -0.4 is 9.47 Å². The van der Waals surface area contributed by atoms with Gasteiger partial charge in [0.25, 0.3) is 0 Å². The normalized spacial score (nSPS) is 16.8. The number of rotatable bonds is 8. The first kappa shape index (κ1) is 32.2. The van der Waals surface area contributed by atoms with Gasteiger partial charge in [0.2, 0.25) is 5.82 Å². The van der Waals surface area contributed by atoms with Crippen LogP contribution in [0.4, 0.5) is 13.2 Å². The van der Waals surface area contributed by atoms with E-state index in [1.165, 1.54) is 36.2 Å². The first-order valence-electron chi connectivity index (χ1n) is 14.3. The lowest BCUT2D eigenvalue weighted by Crippen LogP contribution is -2.44. The highest BCUT2D eigenvalue weighted by Crippen LogP contribution is 2.50. The molecule has 3 N–H and O–H groups in total. The monoisotopic (exact) mass is 637 g/mol. The Bertz CT molecular complexity index is 1870. The molecule has 7 nitrogen and oxygen atoms in total. The number of H-pyrrole nitrogens is 2. The molecule has 236 valence electrons. The maximum atomic E-state index is 15.2. The summed E-state index contributed by atoms with van der Waals surface area (Å²) in [5.74, 6) is -1.87. The Morgan fingerprint density at radius 1 is 1.11 bits per heavy atom. The number of ether oxygens (including phenoxy) is 2. The number of halogens is 3. The zero-order chi connectivity index (χ0) is 32.5. The molecule has 0 saturated heterocycles. The number of thioether (sulfide) groups is 1. The smallest absolute Gasteiger partial charge is 0.204 e. The lowest BCUT2D eigenvalue weighted by Gasteiger charge is -2.44. The zero-order valence-electron chi connectivity index (χ0n) is 25.6. The van der Waals surface area contributed by atoms with E-state index in [0.717, 1.165) is 36.0 Å². The van der Waals surface area contributed by atoms with Crippen LogP contribution >= 0.6 is 11.8 Å². The molecule has 0 radical (unpaired) electrons. The van der Waals surface area contributed by atoms with Crippen LogP contribution in [-0.2, 0) is 16.6 Å². The SMILES string of the molecule is CO.CSc1c(Oc2ccc(F)c(-c3ncc([C@@]4(C)CC(C)(C)Oc5c(CCC=O)cccc54)[nH]3)c2)c(F)c(F)c2[nH]ccc12. The quantitative estimate of drug-likeness (QED) is 0.117. The Morgan fingerprint density at radius 3 is 2.62 bits per heavy atom. The van der Waals surface area contributed by atoms with Crippen molar-refractivity contribution in [2.24, 2.45) is 0 Å². The van der Waals surface area contributed by atoms with Gasteiger partial charge in [0, 0.05) is 54.4 Å². The molecule has 0 spiro atoms. The van der Waals surface area contributed by atoms with Crippen LogP contribution in [0.1, 0.15) is 50.4 Å². The molecule has 0 aliphatic carbocycles. The van der Waals surface area contributed by atoms with Crippen molar-refractivity contribution in [1.29, 1.82) is 0 Å². The van der Waals surface area contributed by atoms with Crippen molar-refractivity contribution in [2.45, 2.75) is 55.9 Å². The van der Waals surface area contributed by atoms with E-state index in [2.05, 4.69) is 21.9 Å². The molecule has 11 heteroatoms. The van der Waals surface area contributed by atoms with Crippen molar-refractivity contribution in [3.8, 4) is 28.6 Å². The average molecular weight is 638 g/mol. The van der Waals surface area contributed by atoms with Crippen LogP contribution in [-0.4, -0.2) is 45.3 Å². The van der Waals surface area contributed by atoms with Crippen LogP contribution in [0.3, 0.4) is 0 Å². The standard InChI is InChI=1S/C33H30F3N3O3S.CH4O/c1-32(2)17-33(3,22-9-5-7-18(8-6-14-40)28(22)42-32)24-16-38-31(39-24)21-15-19(10-11-23(21)34)41-29-26(36)25(35)27-20(12-13-37-27)30(29)43-4;1-2/h5,7,9-16,37H,6,8,17H2,1-4H3,(H,38,39);2H,1H3/t33-;/m0./s1. The predicted octanol–water partition coefficient (Wildman–Crippen LogP) is 8.10. The number of aryl methyl sites for hydroxylation is 1. The van der Waals surface area contributed by atoms with Crippen molar-refractivity contribution in [2.75, 3.05) is 13.4 Å². The highest BCUT2D eigenvalue weighted by atomic mass is 32.2. The summed E-state index contributed by atoms with van der Waals surface area (Å²) in [6, 6.07) is 11.6. The third kappa shape index (κ3) is 5.82. The summed E-state index contributed by atoms with van der Waals surface area (Å²) >= 11 is 1.22. The Labute approximate surface area is 263 Å². The molecule has 0 unspecified atom stereocenters. The second-order valence-electron chi connectivity index (χ2n) is 11.5. The number of nitrogens with one attached hydrogen (secondary N) is 2. The van der Waals surface area contributed by atoms with E-state index in [9.17, 15) is 9.18 Å². The molecule has 3 heterocycles. The lowest BCUT2D eigenvalue weighted by atomic mass is 9.69. The highest BCUT2D eigenvalue weighted by Gasteiger charge is 2.45. The highest BCUT2D eigenvalue weighted by molar-refractivity contribution is 7.99. The Balaban J connectivity index is 0.00000196. The van der Waals surface area contributed by atoms with E-state index < -0.39 is 28.5 Å². The van der Waals surface area contributed by atoms with E-state index >= 15 is 8.78 Å². The number of fused-ring (bicyclic) bond motifs is 2. The van der Waals surface area contributed by atoms with Gasteiger partial charge in [0.05, 0.1) is 16.0 Å². The first-order chi connectivity index (χ1) is 21.6. The molecule has 6 rings (SSSR count). The number of nitrogens with zero attached hydrogens (tertiary/aromatic N) is 1. The van der Waals surface area contributed by atoms with Crippen molar-refractivity contribution >= 4 is 29.0 Å². The van der Waals surface area contributed by atoms with Gasteiger partial charge in [-0.25, -0.2) is 13.8 Å². The van der Waals surface area contributed by atoms with Gasteiger partial charge in [-0.3, -0.25) is 0 Å². The third-order valence-electron chi connectivity index (χ3n) is 7.98. The van der Waals surface area contributed by atoms with Gasteiger partial charge in [-0.1, -0.05) is 18.2 Å². The van der Waals surface area contributed by atoms with Crippen LogP contribution in [0.2, 0.25) is 0 Å². The van der Waals surface area contributed by atoms with E-state index in [1.54, 1.807) is 18.5 Å². The molecule has 3 aromatic carbocycles. The second-order valence-corrected chi connectivity index (χ2v) is 12.3. The van der Waals surface area contributed by atoms with Gasteiger partial charge in [-0.05, 0) is 63.3 Å². The molecule has 0 bridgehead atoms. The number of benzene rings is 3. The van der Waals surface area contributed by atoms with Crippen LogP contribution in [0.25, 0.3) is 22.3 Å². The van der Waals surface area contributed by atoms with Gasteiger partial charge in [0.1, 0.15) is 35.0 Å². The van der Waals surface area contributed by atoms with Gasteiger partial charge in [-0.15, -0.1) is 11.8 Å². The molecular weight excluding hydrogens is 603 g/mol. The Kier molecular flexibility index (Phi) is 9.04. The minimum absolute atomic E-state index is 0.0549. The summed E-state index contributed by atoms with van der Waals surface area (Å²) < 4.78 is 57.4. The number of aliphatic hydroxyl groups is 1. The number of carbonyl (C=O) groups is 1. The first-order valence-corrected chi connectivity index (χ1v) is 15.5. The van der Waals surface area contributed by atoms with Crippen LogP contribution in [0, 0.1) is 17.5 Å². The molecule has 0 fully saturated rings. The second kappa shape index (κ2) is 12.6. The molecular formula is C34H34F3N3O4S. The molecule has 1 atom stereocenters. The molecule has 1 aliphatic heterocycles. The number of aromatic amines is 2. The van der Waals surface area contributed by atoms with Crippen LogP contribution in [0.5, 0.6) is 17.2 Å². The maximum Gasteiger partial charge on any atom is 0.204 e. The molecule has 5 aromatic rings. The number of aromatic nitrogens is 3. The van der Waals surface area contributed by atoms with E-state index in [4.69, 9.17) is 14.6 Å². The molecule has 1 aliphatic rings. The van der Waals surface area contributed by atoms with Crippen LogP contribution in [0.15, 0.2) is 59.8 Å². The Hall–Kier alpha value is -4.22. The Morgan fingerprint density at radius 2 is 1.89 bits per heavy atom. The van der Waals surface area contributed by atoms with Gasteiger partial charge in [-0.2, -0.15) is 4.39 Å². The summed E-state index contributed by atoms with van der Waals surface area (Å²) in [6.07, 6.45) is 7.42. The summed E-state index contributed by atoms with van der Waals surface area (Å²) in [5, 5.41) is 7.49. The van der Waals surface area contributed by atoms with Crippen molar-refractivity contribution < 1.29 is 32.5 Å². The fourth-order valence-electron chi connectivity index (χ4n) is 6.12. The number of hydrogen-bond acceptors (Lipinski definition) is 6. The average Bonchev–Trinajstić information content (AvgIpc) is 3.72. The zero-order valence-corrected chi connectivity index (χ0v) is 26.4. The van der Waals surface area contributed by atoms with Gasteiger partial charge in [0.15, 0.2) is 11.6 Å². The van der Waals surface area contributed by atoms with Crippen molar-refractivity contribution in [1.82, 2.24) is 15.0 Å². The minimum Gasteiger partial charge on any atom is -0.487 e. The summed E-state index contributed by atoms with van der Waals surface area (Å²) in [7, 11) is 1.00. The number of aliphatic hydroxyl groups excluding tert-OH is 1. The predicted molar refractivity (Wildman–Crippen MR) is 169 cm³/mol. The fraction of sp³-hybridized carbons (Fsp3) is 0.294. The third-order valence-corrected chi connectivity index (χ3v) is 8.79. The number of para-hydroxylation sites is 1. The van der Waals surface area contributed by atoms with Gasteiger partial charge >= 0.3 is 0 Å². The van der Waals surface area contributed by atoms with Gasteiger partial charge < -0.3 is 29.3 Å². The van der Waals surface area contributed by atoms with Crippen molar-refractivity contribution in [3.63, 3.8) is 0 Å². The lowest BCUT2D eigenvalue weighted by molar-refractivity contribution is -0.107. The molecule has 45 heavy (non-hydrogen) atoms. The number of imidazole rings is 1. The molecule has 2 aromatic heterocycles. The summed E-state index contributed by atoms with van der Waals surface area (Å²) in [4.78, 5) is 22.1.